The Bertz CT molecular complexity index is 367. The van der Waals surface area contributed by atoms with Gasteiger partial charge in [-0.15, -0.1) is 0 Å². The van der Waals surface area contributed by atoms with Gasteiger partial charge in [0.15, 0.2) is 5.25 Å². The molecule has 0 aromatic carbocycles. The smallest absolute Gasteiger partial charge is 0.228 e. The summed E-state index contributed by atoms with van der Waals surface area (Å²) in [4.78, 5) is 0. The predicted octanol–water partition coefficient (Wildman–Crippen LogP) is -0.641. The number of nitriles is 1. The molecule has 92 valence electrons. The summed E-state index contributed by atoms with van der Waals surface area (Å²) >= 11 is 0. The number of nitrogens with zero attached hydrogens (tertiary/aromatic N) is 1. The molecule has 0 aromatic heterocycles. The van der Waals surface area contributed by atoms with E-state index in [9.17, 15) is 13.5 Å². The minimum absolute atomic E-state index is 0.284. The topological polar surface area (TPSA) is 99.4 Å². The maximum Gasteiger partial charge on any atom is 0.228 e. The fourth-order valence-electron chi connectivity index (χ4n) is 1.51. The number of nitrogens with one attached hydrogen (secondary N) is 1. The van der Waals surface area contributed by atoms with Crippen LogP contribution in [0, 0.1) is 11.3 Å². The number of aliphatic hydroxyl groups is 1. The highest BCUT2D eigenvalue weighted by Crippen LogP contribution is 2.21. The van der Waals surface area contributed by atoms with Gasteiger partial charge < -0.3 is 9.84 Å². The van der Waals surface area contributed by atoms with Crippen molar-refractivity contribution in [2.24, 2.45) is 0 Å². The van der Waals surface area contributed by atoms with Crippen molar-refractivity contribution in [1.82, 2.24) is 4.72 Å². The zero-order chi connectivity index (χ0) is 12.2. The second-order valence-electron chi connectivity index (χ2n) is 3.97. The van der Waals surface area contributed by atoms with Crippen molar-refractivity contribution >= 4 is 10.0 Å². The van der Waals surface area contributed by atoms with Crippen molar-refractivity contribution in [1.29, 1.82) is 5.26 Å². The summed E-state index contributed by atoms with van der Waals surface area (Å²) < 4.78 is 31.0. The summed E-state index contributed by atoms with van der Waals surface area (Å²) in [5.74, 6) is 0. The predicted molar refractivity (Wildman–Crippen MR) is 57.0 cm³/mol. The van der Waals surface area contributed by atoms with Gasteiger partial charge in [0.2, 0.25) is 10.0 Å². The molecule has 1 saturated heterocycles. The molecule has 0 aromatic rings. The highest BCUT2D eigenvalue weighted by atomic mass is 32.2. The molecule has 16 heavy (non-hydrogen) atoms. The number of ether oxygens (including phenoxy) is 1. The first-order chi connectivity index (χ1) is 7.46. The molecule has 0 amide bonds. The Morgan fingerprint density at radius 1 is 1.56 bits per heavy atom. The van der Waals surface area contributed by atoms with Crippen molar-refractivity contribution in [2.45, 2.75) is 30.6 Å². The molecule has 0 spiro atoms. The number of hydrogen-bond donors (Lipinski definition) is 2. The van der Waals surface area contributed by atoms with E-state index in [-0.39, 0.29) is 6.61 Å². The molecule has 0 aliphatic carbocycles. The lowest BCUT2D eigenvalue weighted by atomic mass is 9.93. The van der Waals surface area contributed by atoms with Crippen LogP contribution in [-0.2, 0) is 14.8 Å². The number of aliphatic hydroxyl groups excluding tert-OH is 1. The molecule has 1 heterocycles. The molecular weight excluding hydrogens is 232 g/mol. The molecular formula is C9H16N2O4S. The van der Waals surface area contributed by atoms with Crippen LogP contribution in [0.25, 0.3) is 0 Å². The van der Waals surface area contributed by atoms with E-state index in [2.05, 4.69) is 4.72 Å². The van der Waals surface area contributed by atoms with Crippen molar-refractivity contribution in [3.8, 4) is 6.07 Å². The van der Waals surface area contributed by atoms with Crippen LogP contribution in [0.2, 0.25) is 0 Å². The summed E-state index contributed by atoms with van der Waals surface area (Å²) in [6.07, 6.45) is 0.835. The zero-order valence-corrected chi connectivity index (χ0v) is 9.96. The van der Waals surface area contributed by atoms with Crippen molar-refractivity contribution in [3.63, 3.8) is 0 Å². The molecule has 6 nitrogen and oxygen atoms in total. The van der Waals surface area contributed by atoms with Gasteiger partial charge in [-0.25, -0.2) is 13.1 Å². The lowest BCUT2D eigenvalue weighted by Crippen LogP contribution is -2.56. The Hall–Kier alpha value is -0.680. The van der Waals surface area contributed by atoms with Crippen molar-refractivity contribution < 1.29 is 18.3 Å². The van der Waals surface area contributed by atoms with Gasteiger partial charge in [0.05, 0.1) is 18.2 Å². The summed E-state index contributed by atoms with van der Waals surface area (Å²) in [5, 5.41) is 16.8. The van der Waals surface area contributed by atoms with Gasteiger partial charge in [0.1, 0.15) is 0 Å². The number of rotatable bonds is 4. The van der Waals surface area contributed by atoms with E-state index in [1.54, 1.807) is 6.07 Å². The zero-order valence-electron chi connectivity index (χ0n) is 9.14. The summed E-state index contributed by atoms with van der Waals surface area (Å²) in [6.45, 7) is 1.84. The van der Waals surface area contributed by atoms with Gasteiger partial charge in [0, 0.05) is 13.2 Å². The quantitative estimate of drug-likeness (QED) is 0.689. The van der Waals surface area contributed by atoms with Gasteiger partial charge in [-0.1, -0.05) is 0 Å². The standard InChI is InChI=1S/C9H16N2O4S/c1-8(6-10)16(13,14)11-9(7-12)2-4-15-5-3-9/h8,11-12H,2-5,7H2,1H3. The van der Waals surface area contributed by atoms with Gasteiger partial charge in [0.25, 0.3) is 0 Å². The SMILES string of the molecule is CC(C#N)S(=O)(=O)NC1(CO)CCOCC1. The highest BCUT2D eigenvalue weighted by molar-refractivity contribution is 7.90. The maximum atomic E-state index is 11.7. The van der Waals surface area contributed by atoms with Gasteiger partial charge in [-0.05, 0) is 19.8 Å². The van der Waals surface area contributed by atoms with Crippen LogP contribution in [0.1, 0.15) is 19.8 Å². The van der Waals surface area contributed by atoms with Crippen LogP contribution in [0.15, 0.2) is 0 Å². The van der Waals surface area contributed by atoms with Crippen LogP contribution in [0.4, 0.5) is 0 Å². The molecule has 1 fully saturated rings. The van der Waals surface area contributed by atoms with Gasteiger partial charge in [-0.2, -0.15) is 5.26 Å². The number of sulfonamides is 1. The second kappa shape index (κ2) is 5.10. The van der Waals surface area contributed by atoms with E-state index in [0.29, 0.717) is 26.1 Å². The van der Waals surface area contributed by atoms with Crippen LogP contribution >= 0.6 is 0 Å². The summed E-state index contributed by atoms with van der Waals surface area (Å²) in [7, 11) is -3.71. The molecule has 1 aliphatic heterocycles. The fraction of sp³-hybridized carbons (Fsp3) is 0.889. The molecule has 1 rings (SSSR count). The first-order valence-corrected chi connectivity index (χ1v) is 6.61. The monoisotopic (exact) mass is 248 g/mol. The number of hydrogen-bond acceptors (Lipinski definition) is 5. The summed E-state index contributed by atoms with van der Waals surface area (Å²) in [5.41, 5.74) is -0.873. The second-order valence-corrected chi connectivity index (χ2v) is 5.97. The van der Waals surface area contributed by atoms with Crippen molar-refractivity contribution in [3.05, 3.63) is 0 Å². The molecule has 0 saturated carbocycles. The van der Waals surface area contributed by atoms with Gasteiger partial charge >= 0.3 is 0 Å². The molecule has 2 N–H and O–H groups in total. The van der Waals surface area contributed by atoms with Crippen LogP contribution in [0.5, 0.6) is 0 Å². The largest absolute Gasteiger partial charge is 0.394 e. The Morgan fingerprint density at radius 3 is 2.56 bits per heavy atom. The third-order valence-corrected chi connectivity index (χ3v) is 4.51. The molecule has 7 heteroatoms. The Balaban J connectivity index is 2.81. The minimum Gasteiger partial charge on any atom is -0.394 e. The Labute approximate surface area is 95.3 Å². The van der Waals surface area contributed by atoms with Crippen LogP contribution in [-0.4, -0.2) is 44.1 Å². The average Bonchev–Trinajstić information content (AvgIpc) is 2.28. The van der Waals surface area contributed by atoms with Crippen LogP contribution < -0.4 is 4.72 Å². The van der Waals surface area contributed by atoms with E-state index in [0.717, 1.165) is 0 Å². The minimum atomic E-state index is -3.71. The highest BCUT2D eigenvalue weighted by Gasteiger charge is 2.37. The maximum absolute atomic E-state index is 11.7. The molecule has 1 unspecified atom stereocenters. The average molecular weight is 248 g/mol. The summed E-state index contributed by atoms with van der Waals surface area (Å²) in [6, 6.07) is 1.67. The van der Waals surface area contributed by atoms with Crippen molar-refractivity contribution in [2.75, 3.05) is 19.8 Å². The van der Waals surface area contributed by atoms with E-state index >= 15 is 0 Å². The van der Waals surface area contributed by atoms with E-state index in [1.807, 2.05) is 0 Å². The fourth-order valence-corrected chi connectivity index (χ4v) is 2.70. The molecule has 1 atom stereocenters. The molecule has 0 bridgehead atoms. The lowest BCUT2D eigenvalue weighted by Gasteiger charge is -2.36. The normalized spacial score (nSPS) is 22.3. The molecule has 1 aliphatic rings. The Morgan fingerprint density at radius 2 is 2.12 bits per heavy atom. The van der Waals surface area contributed by atoms with E-state index in [1.165, 1.54) is 6.92 Å². The molecule has 0 radical (unpaired) electrons. The third kappa shape index (κ3) is 2.92. The lowest BCUT2D eigenvalue weighted by molar-refractivity contribution is 0.0222. The first-order valence-electron chi connectivity index (χ1n) is 5.07. The Kier molecular flexibility index (Phi) is 4.27. The van der Waals surface area contributed by atoms with Crippen LogP contribution in [0.3, 0.4) is 0 Å². The van der Waals surface area contributed by atoms with Gasteiger partial charge in [-0.3, -0.25) is 0 Å². The first kappa shape index (κ1) is 13.4. The van der Waals surface area contributed by atoms with E-state index < -0.39 is 20.8 Å². The van der Waals surface area contributed by atoms with E-state index in [4.69, 9.17) is 10.00 Å². The third-order valence-electron chi connectivity index (χ3n) is 2.76.